The molecule has 2 aliphatic heterocycles. The average molecular weight is 1070 g/mol. The number of nitrogens with zero attached hydrogens (tertiary/aromatic N) is 4. The van der Waals surface area contributed by atoms with Gasteiger partial charge in [-0.3, -0.25) is 28.9 Å². The molecule has 4 N–H and O–H groups in total. The van der Waals surface area contributed by atoms with Crippen LogP contribution < -0.4 is 30.9 Å². The highest BCUT2D eigenvalue weighted by molar-refractivity contribution is 7.14. The van der Waals surface area contributed by atoms with Gasteiger partial charge in [-0.05, 0) is 95.4 Å². The lowest BCUT2D eigenvalue weighted by Gasteiger charge is -2.36. The number of likely N-dealkylation sites (tertiary alicyclic amines) is 1. The summed E-state index contributed by atoms with van der Waals surface area (Å²) < 4.78 is 46.1. The third kappa shape index (κ3) is 15.0. The van der Waals surface area contributed by atoms with Crippen molar-refractivity contribution in [3.8, 4) is 17.0 Å². The van der Waals surface area contributed by atoms with Crippen molar-refractivity contribution in [2.24, 2.45) is 5.92 Å². The van der Waals surface area contributed by atoms with E-state index in [-0.39, 0.29) is 37.0 Å². The molecule has 1 aliphatic carbocycles. The summed E-state index contributed by atoms with van der Waals surface area (Å²) in [5.41, 5.74) is 1.37. The molecule has 0 radical (unpaired) electrons. The third-order valence-corrected chi connectivity index (χ3v) is 15.0. The number of aromatic nitrogens is 1. The number of anilines is 1. The Hall–Kier alpha value is -6.67. The van der Waals surface area contributed by atoms with Gasteiger partial charge in [0.05, 0.1) is 18.9 Å². The van der Waals surface area contributed by atoms with Gasteiger partial charge in [0.2, 0.25) is 29.4 Å². The number of carbonyl (C=O) groups is 6. The molecule has 7 rings (SSSR count). The second kappa shape index (κ2) is 26.9. The molecule has 17 nitrogen and oxygen atoms in total. The fourth-order valence-corrected chi connectivity index (χ4v) is 10.8. The zero-order valence-electron chi connectivity index (χ0n) is 44.1. The number of halogens is 2. The van der Waals surface area contributed by atoms with Crippen LogP contribution in [-0.2, 0) is 33.4 Å². The van der Waals surface area contributed by atoms with Crippen LogP contribution in [0.3, 0.4) is 0 Å². The quantitative estimate of drug-likeness (QED) is 0.0630. The summed E-state index contributed by atoms with van der Waals surface area (Å²) in [4.78, 5) is 93.2. The first-order valence-corrected chi connectivity index (χ1v) is 27.3. The van der Waals surface area contributed by atoms with Crippen LogP contribution in [0.1, 0.15) is 103 Å². The molecule has 0 bridgehead atoms. The van der Waals surface area contributed by atoms with Gasteiger partial charge < -0.3 is 45.3 Å². The number of thiazole rings is 1. The van der Waals surface area contributed by atoms with Gasteiger partial charge in [-0.15, -0.1) is 11.3 Å². The van der Waals surface area contributed by atoms with Gasteiger partial charge >= 0.3 is 6.09 Å². The molecule has 6 amide bonds. The Balaban J connectivity index is 0.991. The largest absolute Gasteiger partial charge is 0.480 e. The van der Waals surface area contributed by atoms with Gasteiger partial charge in [0.1, 0.15) is 29.8 Å². The van der Waals surface area contributed by atoms with Gasteiger partial charge in [-0.1, -0.05) is 79.9 Å². The van der Waals surface area contributed by atoms with Crippen molar-refractivity contribution in [3.63, 3.8) is 0 Å². The normalized spacial score (nSPS) is 17.3. The molecule has 410 valence electrons. The van der Waals surface area contributed by atoms with E-state index in [9.17, 15) is 33.2 Å². The number of ether oxygens (including phenoxy) is 3. The summed E-state index contributed by atoms with van der Waals surface area (Å²) in [7, 11) is 1.48. The number of hydrogen-bond acceptors (Lipinski definition) is 12. The highest BCUT2D eigenvalue weighted by Gasteiger charge is 2.43. The number of rotatable bonds is 21. The van der Waals surface area contributed by atoms with E-state index in [4.69, 9.17) is 14.2 Å². The number of amides is 6. The third-order valence-electron chi connectivity index (χ3n) is 14.1. The lowest BCUT2D eigenvalue weighted by atomic mass is 9.83. The van der Waals surface area contributed by atoms with Crippen LogP contribution in [0.25, 0.3) is 11.3 Å². The summed E-state index contributed by atoms with van der Waals surface area (Å²) in [5.74, 6) is -6.02. The monoisotopic (exact) mass is 1070 g/mol. The predicted molar refractivity (Wildman–Crippen MR) is 285 cm³/mol. The Morgan fingerprint density at radius 3 is 2.11 bits per heavy atom. The molecule has 3 aliphatic rings. The van der Waals surface area contributed by atoms with E-state index in [1.807, 2.05) is 65.6 Å². The molecule has 0 unspecified atom stereocenters. The van der Waals surface area contributed by atoms with E-state index in [1.165, 1.54) is 34.3 Å². The van der Waals surface area contributed by atoms with Crippen molar-refractivity contribution >= 4 is 52.1 Å². The van der Waals surface area contributed by atoms with Crippen molar-refractivity contribution in [3.05, 3.63) is 101 Å². The highest BCUT2D eigenvalue weighted by Crippen LogP contribution is 2.37. The molecule has 4 atom stereocenters. The van der Waals surface area contributed by atoms with Crippen LogP contribution in [0, 0.1) is 17.6 Å². The van der Waals surface area contributed by atoms with Crippen LogP contribution in [-0.4, -0.2) is 140 Å². The number of unbranched alkanes of at least 4 members (excludes halogenated alkanes) is 1. The Kier molecular flexibility index (Phi) is 20.2. The van der Waals surface area contributed by atoms with Gasteiger partial charge in [-0.2, -0.15) is 4.39 Å². The van der Waals surface area contributed by atoms with E-state index in [0.29, 0.717) is 75.7 Å². The summed E-state index contributed by atoms with van der Waals surface area (Å²) in [6.45, 7) is 9.27. The lowest BCUT2D eigenvalue weighted by Crippen LogP contribution is -2.60. The number of benzene rings is 3. The Labute approximate surface area is 447 Å². The van der Waals surface area contributed by atoms with Gasteiger partial charge in [0.25, 0.3) is 5.91 Å². The molecule has 1 saturated carbocycles. The lowest BCUT2D eigenvalue weighted by molar-refractivity contribution is -0.144. The van der Waals surface area contributed by atoms with Crippen molar-refractivity contribution in [2.75, 3.05) is 64.5 Å². The van der Waals surface area contributed by atoms with Gasteiger partial charge in [-0.25, -0.2) is 14.2 Å². The minimum absolute atomic E-state index is 0.184. The average Bonchev–Trinajstić information content (AvgIpc) is 4.14. The molecular weight excluding hydrogens is 999 g/mol. The summed E-state index contributed by atoms with van der Waals surface area (Å²) in [5, 5.41) is 14.2. The molecule has 1 aromatic heterocycles. The molecule has 20 heteroatoms. The zero-order chi connectivity index (χ0) is 54.4. The van der Waals surface area contributed by atoms with E-state index in [0.717, 1.165) is 36.5 Å². The fraction of sp³-hybridized carbons (Fsp3) is 0.518. The minimum Gasteiger partial charge on any atom is -0.480 e. The van der Waals surface area contributed by atoms with Gasteiger partial charge in [0.15, 0.2) is 23.3 Å². The van der Waals surface area contributed by atoms with Crippen molar-refractivity contribution in [2.45, 2.75) is 121 Å². The summed E-state index contributed by atoms with van der Waals surface area (Å²) >= 11 is 1.36. The first-order valence-electron chi connectivity index (χ1n) is 26.4. The molecule has 3 aromatic carbocycles. The number of morpholine rings is 1. The number of likely N-dealkylation sites (N-methyl/N-ethyl adjacent to an activating group) is 1. The fourth-order valence-electron chi connectivity index (χ4n) is 9.87. The Bertz CT molecular complexity index is 2570. The topological polar surface area (TPSA) is 201 Å². The predicted octanol–water partition coefficient (Wildman–Crippen LogP) is 6.94. The SMILES string of the molecule is C[C@@H](C(=O)N[C@H](C(=O)N1CCC[C@H]1C(=O)N[C@H](C(=O)NCCCCNC(=O)COc1c(-c2csc(N3CCOCC3)n2)ccc(F)c1F)C(c1ccccc1)c1ccccc1)C1CCCCC1)N(C)C(=O)OC(C)(C)C. The van der Waals surface area contributed by atoms with E-state index in [1.54, 1.807) is 33.1 Å². The number of carbonyl (C=O) groups excluding carboxylic acids is 6. The molecule has 0 spiro atoms. The first kappa shape index (κ1) is 57.0. The second-order valence-corrected chi connectivity index (χ2v) is 21.5. The molecule has 76 heavy (non-hydrogen) atoms. The summed E-state index contributed by atoms with van der Waals surface area (Å²) in [6.07, 6.45) is 5.25. The number of nitrogens with one attached hydrogen (secondary N) is 4. The molecule has 4 aromatic rings. The highest BCUT2D eigenvalue weighted by atomic mass is 32.1. The standard InChI is InChI=1S/C56H72F2N8O9S/c1-36(64(5)55(72)75-56(2,3)4)50(68)62-47(39-22-13-8-14-23-39)53(71)66-29-17-24-43(66)51(69)63-48(45(37-18-9-6-10-19-37)38-20-11-7-12-21-38)52(70)60-28-16-15-27-59-44(67)34-74-49-40(25-26-41(57)46(49)58)42-35-76-54(61-42)65-30-32-73-33-31-65/h6-7,9-12,18-21,25-26,35-36,39,43,45,47-48H,8,13-17,22-24,27-34H2,1-5H3,(H,59,67)(H,60,70)(H,62,68)(H,63,69)/t36-,43-,47-,48-/m0/s1. The number of hydrogen-bond donors (Lipinski definition) is 4. The molecule has 3 heterocycles. The van der Waals surface area contributed by atoms with Crippen LogP contribution in [0.5, 0.6) is 5.75 Å². The second-order valence-electron chi connectivity index (χ2n) is 20.6. The maximum atomic E-state index is 15.2. The Morgan fingerprint density at radius 2 is 1.46 bits per heavy atom. The van der Waals surface area contributed by atoms with Crippen LogP contribution in [0.2, 0.25) is 0 Å². The smallest absolute Gasteiger partial charge is 0.410 e. The van der Waals surface area contributed by atoms with Crippen LogP contribution in [0.4, 0.5) is 18.7 Å². The van der Waals surface area contributed by atoms with Crippen molar-refractivity contribution in [1.82, 2.24) is 36.1 Å². The van der Waals surface area contributed by atoms with E-state index in [2.05, 4.69) is 26.3 Å². The van der Waals surface area contributed by atoms with Crippen LogP contribution in [0.15, 0.2) is 78.2 Å². The molecule has 2 saturated heterocycles. The maximum Gasteiger partial charge on any atom is 0.410 e. The summed E-state index contributed by atoms with van der Waals surface area (Å²) in [6, 6.07) is 17.2. The van der Waals surface area contributed by atoms with Crippen LogP contribution >= 0.6 is 11.3 Å². The van der Waals surface area contributed by atoms with E-state index >= 15 is 4.39 Å². The van der Waals surface area contributed by atoms with Crippen molar-refractivity contribution < 1.29 is 51.8 Å². The van der Waals surface area contributed by atoms with Crippen molar-refractivity contribution in [1.29, 1.82) is 0 Å². The molecular formula is C56H72F2N8O9S. The van der Waals surface area contributed by atoms with E-state index < -0.39 is 89.4 Å². The Morgan fingerprint density at radius 1 is 0.816 bits per heavy atom. The first-order chi connectivity index (χ1) is 36.5. The molecule has 3 fully saturated rings. The van der Waals surface area contributed by atoms with Gasteiger partial charge in [0, 0.05) is 56.6 Å². The minimum atomic E-state index is -1.23. The zero-order valence-corrected chi connectivity index (χ0v) is 44.9. The maximum absolute atomic E-state index is 15.2.